The van der Waals surface area contributed by atoms with Crippen LogP contribution in [0.25, 0.3) is 0 Å². The van der Waals surface area contributed by atoms with Gasteiger partial charge in [-0.2, -0.15) is 0 Å². The zero-order valence-corrected chi connectivity index (χ0v) is 19.6. The van der Waals surface area contributed by atoms with Crippen LogP contribution in [0.5, 0.6) is 5.75 Å². The fourth-order valence-electron chi connectivity index (χ4n) is 5.42. The number of likely N-dealkylation sites (tertiary alicyclic amines) is 1. The number of nitrogens with zero attached hydrogens (tertiary/aromatic N) is 3. The molecule has 0 bridgehead atoms. The molecule has 3 aliphatic heterocycles. The normalized spacial score (nSPS) is 22.4. The maximum absolute atomic E-state index is 13.2. The van der Waals surface area contributed by atoms with Crippen molar-refractivity contribution < 1.29 is 14.6 Å². The number of carbonyl (C=O) groups is 1. The van der Waals surface area contributed by atoms with E-state index in [1.54, 1.807) is 4.90 Å². The van der Waals surface area contributed by atoms with Gasteiger partial charge in [0.1, 0.15) is 12.4 Å². The van der Waals surface area contributed by atoms with Gasteiger partial charge in [0.2, 0.25) is 0 Å². The van der Waals surface area contributed by atoms with Crippen LogP contribution in [0.15, 0.2) is 42.5 Å². The number of ether oxygens (including phenoxy) is 1. The molecule has 1 amide bonds. The van der Waals surface area contributed by atoms with Gasteiger partial charge in [0, 0.05) is 39.3 Å². The monoisotopic (exact) mass is 449 g/mol. The van der Waals surface area contributed by atoms with Gasteiger partial charge in [-0.1, -0.05) is 37.3 Å². The topological polar surface area (TPSA) is 56.2 Å². The van der Waals surface area contributed by atoms with Crippen LogP contribution in [-0.2, 0) is 19.5 Å². The molecule has 1 fully saturated rings. The van der Waals surface area contributed by atoms with Gasteiger partial charge < -0.3 is 14.7 Å². The molecule has 0 aliphatic carbocycles. The Morgan fingerprint density at radius 3 is 2.73 bits per heavy atom. The molecule has 1 N–H and O–H groups in total. The molecular formula is C27H35N3O3. The fraction of sp³-hybridized carbons (Fsp3) is 0.519. The summed E-state index contributed by atoms with van der Waals surface area (Å²) in [7, 11) is 0. The minimum atomic E-state index is -0.586. The second kappa shape index (κ2) is 9.84. The van der Waals surface area contributed by atoms with Gasteiger partial charge in [-0.25, -0.2) is 0 Å². The molecule has 5 rings (SSSR count). The summed E-state index contributed by atoms with van der Waals surface area (Å²) in [4.78, 5) is 19.7. The van der Waals surface area contributed by atoms with Crippen molar-refractivity contribution in [1.29, 1.82) is 0 Å². The second-order valence-electron chi connectivity index (χ2n) is 9.97. The Morgan fingerprint density at radius 2 is 1.91 bits per heavy atom. The Balaban J connectivity index is 1.19. The van der Waals surface area contributed by atoms with Gasteiger partial charge in [0.05, 0.1) is 18.2 Å². The van der Waals surface area contributed by atoms with E-state index in [2.05, 4.69) is 41.0 Å². The predicted octanol–water partition coefficient (Wildman–Crippen LogP) is 2.78. The van der Waals surface area contributed by atoms with Crippen molar-refractivity contribution in [2.24, 2.45) is 5.92 Å². The zero-order chi connectivity index (χ0) is 22.8. The number of hydrogen-bond acceptors (Lipinski definition) is 5. The van der Waals surface area contributed by atoms with E-state index in [9.17, 15) is 9.90 Å². The van der Waals surface area contributed by atoms with Gasteiger partial charge in [-0.3, -0.25) is 14.6 Å². The Morgan fingerprint density at radius 1 is 1.06 bits per heavy atom. The Bertz CT molecular complexity index is 994. The van der Waals surface area contributed by atoms with Crippen molar-refractivity contribution in [3.63, 3.8) is 0 Å². The summed E-state index contributed by atoms with van der Waals surface area (Å²) in [5, 5.41) is 10.8. The summed E-state index contributed by atoms with van der Waals surface area (Å²) in [6.45, 7) is 9.09. The third-order valence-electron chi connectivity index (χ3n) is 7.21. The van der Waals surface area contributed by atoms with Crippen LogP contribution < -0.4 is 4.74 Å². The van der Waals surface area contributed by atoms with Crippen molar-refractivity contribution in [3.05, 3.63) is 64.7 Å². The lowest BCUT2D eigenvalue weighted by atomic mass is 10.00. The smallest absolute Gasteiger partial charge is 0.257 e. The Hall–Kier alpha value is -2.41. The molecule has 0 aromatic heterocycles. The molecule has 6 nitrogen and oxygen atoms in total. The summed E-state index contributed by atoms with van der Waals surface area (Å²) in [6, 6.07) is 14.5. The first kappa shape index (κ1) is 22.4. The summed E-state index contributed by atoms with van der Waals surface area (Å²) in [5.41, 5.74) is 4.53. The summed E-state index contributed by atoms with van der Waals surface area (Å²) in [6.07, 6.45) is 1.67. The molecule has 176 valence electrons. The van der Waals surface area contributed by atoms with Crippen molar-refractivity contribution in [3.8, 4) is 5.75 Å². The van der Waals surface area contributed by atoms with Gasteiger partial charge in [0.15, 0.2) is 0 Å². The number of aliphatic hydroxyl groups excluding tert-OH is 1. The molecule has 3 heterocycles. The van der Waals surface area contributed by atoms with Crippen LogP contribution in [0.3, 0.4) is 0 Å². The van der Waals surface area contributed by atoms with Gasteiger partial charge in [-0.05, 0) is 54.1 Å². The molecule has 2 atom stereocenters. The summed E-state index contributed by atoms with van der Waals surface area (Å²) < 4.78 is 5.97. The number of aliphatic hydroxyl groups is 1. The first-order valence-electron chi connectivity index (χ1n) is 12.3. The van der Waals surface area contributed by atoms with Crippen LogP contribution in [0.1, 0.15) is 40.4 Å². The molecule has 33 heavy (non-hydrogen) atoms. The van der Waals surface area contributed by atoms with Crippen molar-refractivity contribution in [2.45, 2.75) is 39.0 Å². The number of amides is 1. The van der Waals surface area contributed by atoms with Gasteiger partial charge in [0.25, 0.3) is 5.91 Å². The molecule has 2 aromatic rings. The van der Waals surface area contributed by atoms with Gasteiger partial charge in [-0.15, -0.1) is 0 Å². The van der Waals surface area contributed by atoms with Crippen LogP contribution >= 0.6 is 0 Å². The highest BCUT2D eigenvalue weighted by Gasteiger charge is 2.27. The highest BCUT2D eigenvalue weighted by atomic mass is 16.5. The van der Waals surface area contributed by atoms with Crippen molar-refractivity contribution >= 4 is 5.91 Å². The van der Waals surface area contributed by atoms with E-state index < -0.39 is 6.10 Å². The average Bonchev–Trinajstić information content (AvgIpc) is 3.15. The van der Waals surface area contributed by atoms with Crippen LogP contribution in [-0.4, -0.2) is 77.7 Å². The molecule has 1 saturated heterocycles. The summed E-state index contributed by atoms with van der Waals surface area (Å²) in [5.74, 6) is 1.38. The molecule has 0 saturated carbocycles. The van der Waals surface area contributed by atoms with E-state index in [1.165, 1.54) is 23.1 Å². The standard InChI is InChI=1S/C27H35N3O3/c1-20-8-10-28(15-20)16-21-6-7-25-26(14-21)33-13-12-30(27(25)32)19-24(31)18-29-11-9-22-4-2-3-5-23(22)17-29/h2-7,14,20,24,31H,8-13,15-19H2,1H3. The lowest BCUT2D eigenvalue weighted by molar-refractivity contribution is 0.0501. The lowest BCUT2D eigenvalue weighted by Gasteiger charge is -2.32. The number of rotatable bonds is 6. The third kappa shape index (κ3) is 5.24. The molecule has 6 heteroatoms. The molecule has 0 radical (unpaired) electrons. The number of benzene rings is 2. The van der Waals surface area contributed by atoms with Crippen LogP contribution in [0.4, 0.5) is 0 Å². The first-order valence-corrected chi connectivity index (χ1v) is 12.3. The maximum Gasteiger partial charge on any atom is 0.257 e. The maximum atomic E-state index is 13.2. The number of fused-ring (bicyclic) bond motifs is 2. The Labute approximate surface area is 196 Å². The molecule has 0 spiro atoms. The number of β-amino-alcohol motifs (C(OH)–C–C–N with tert-alkyl or cyclic N) is 1. The van der Waals surface area contributed by atoms with E-state index >= 15 is 0 Å². The molecule has 3 aliphatic rings. The highest BCUT2D eigenvalue weighted by Crippen LogP contribution is 2.27. The number of hydrogen-bond donors (Lipinski definition) is 1. The Kier molecular flexibility index (Phi) is 6.67. The zero-order valence-electron chi connectivity index (χ0n) is 19.6. The summed E-state index contributed by atoms with van der Waals surface area (Å²) >= 11 is 0. The molecular weight excluding hydrogens is 414 g/mol. The van der Waals surface area contributed by atoms with Crippen molar-refractivity contribution in [2.75, 3.05) is 45.9 Å². The SMILES string of the molecule is CC1CCN(Cc2ccc3c(c2)OCCN(CC(O)CN2CCc4ccccc4C2)C3=O)C1. The lowest BCUT2D eigenvalue weighted by Crippen LogP contribution is -2.44. The minimum absolute atomic E-state index is 0.0492. The van der Waals surface area contributed by atoms with E-state index in [0.29, 0.717) is 37.6 Å². The van der Waals surface area contributed by atoms with Crippen LogP contribution in [0, 0.1) is 5.92 Å². The fourth-order valence-corrected chi connectivity index (χ4v) is 5.42. The number of carbonyl (C=O) groups excluding carboxylic acids is 1. The minimum Gasteiger partial charge on any atom is -0.491 e. The largest absolute Gasteiger partial charge is 0.491 e. The quantitative estimate of drug-likeness (QED) is 0.735. The van der Waals surface area contributed by atoms with E-state index in [0.717, 1.165) is 45.1 Å². The second-order valence-corrected chi connectivity index (χ2v) is 9.97. The first-order chi connectivity index (χ1) is 16.0. The molecule has 2 aromatic carbocycles. The van der Waals surface area contributed by atoms with E-state index in [-0.39, 0.29) is 5.91 Å². The third-order valence-corrected chi connectivity index (χ3v) is 7.21. The van der Waals surface area contributed by atoms with Crippen molar-refractivity contribution in [1.82, 2.24) is 14.7 Å². The highest BCUT2D eigenvalue weighted by molar-refractivity contribution is 5.97. The van der Waals surface area contributed by atoms with Gasteiger partial charge >= 0.3 is 0 Å². The van der Waals surface area contributed by atoms with E-state index in [4.69, 9.17) is 4.74 Å². The van der Waals surface area contributed by atoms with Crippen LogP contribution in [0.2, 0.25) is 0 Å². The predicted molar refractivity (Wildman–Crippen MR) is 128 cm³/mol. The van der Waals surface area contributed by atoms with E-state index in [1.807, 2.05) is 18.2 Å². The molecule has 2 unspecified atom stereocenters. The average molecular weight is 450 g/mol.